The van der Waals surface area contributed by atoms with Crippen LogP contribution >= 0.6 is 0 Å². The third-order valence-electron chi connectivity index (χ3n) is 2.87. The first-order chi connectivity index (χ1) is 9.24. The number of carbonyl (C=O) groups excluding carboxylic acids is 1. The maximum atomic E-state index is 10.7. The first-order valence-electron chi connectivity index (χ1n) is 6.10. The van der Waals surface area contributed by atoms with Crippen LogP contribution in [-0.2, 0) is 11.2 Å². The summed E-state index contributed by atoms with van der Waals surface area (Å²) >= 11 is 0. The fourth-order valence-electron chi connectivity index (χ4n) is 2.03. The minimum absolute atomic E-state index is 0.391. The van der Waals surface area contributed by atoms with Gasteiger partial charge in [-0.3, -0.25) is 0 Å². The summed E-state index contributed by atoms with van der Waals surface area (Å²) < 4.78 is 0. The molecule has 2 rings (SSSR count). The predicted molar refractivity (Wildman–Crippen MR) is 79.9 cm³/mol. The van der Waals surface area contributed by atoms with Gasteiger partial charge in [-0.05, 0) is 29.8 Å². The molecule has 0 spiro atoms. The molecule has 0 aliphatic carbocycles. The molecular weight excluding hydrogens is 238 g/mol. The van der Waals surface area contributed by atoms with E-state index in [0.29, 0.717) is 12.1 Å². The number of para-hydroxylation sites is 1. The van der Waals surface area contributed by atoms with E-state index in [1.54, 1.807) is 0 Å². The zero-order valence-corrected chi connectivity index (χ0v) is 10.8. The number of anilines is 4. The second-order valence-electron chi connectivity index (χ2n) is 4.21. The molecular formula is C15H17N3O. The Morgan fingerprint density at radius 3 is 2.68 bits per heavy atom. The Balaban J connectivity index is 2.34. The van der Waals surface area contributed by atoms with E-state index in [1.165, 1.54) is 0 Å². The molecule has 0 unspecified atom stereocenters. The quantitative estimate of drug-likeness (QED) is 0.567. The molecule has 0 bridgehead atoms. The van der Waals surface area contributed by atoms with Gasteiger partial charge < -0.3 is 21.2 Å². The lowest BCUT2D eigenvalue weighted by molar-refractivity contribution is -0.107. The van der Waals surface area contributed by atoms with E-state index < -0.39 is 0 Å². The number of nitrogen functional groups attached to an aromatic ring is 1. The average Bonchev–Trinajstić information content (AvgIpc) is 2.39. The van der Waals surface area contributed by atoms with Crippen molar-refractivity contribution >= 4 is 29.0 Å². The third-order valence-corrected chi connectivity index (χ3v) is 2.87. The molecule has 0 fully saturated rings. The van der Waals surface area contributed by atoms with E-state index in [-0.39, 0.29) is 0 Å². The van der Waals surface area contributed by atoms with Gasteiger partial charge in [-0.15, -0.1) is 0 Å². The minimum atomic E-state index is 0.391. The molecule has 4 heteroatoms. The highest BCUT2D eigenvalue weighted by molar-refractivity contribution is 5.79. The highest BCUT2D eigenvalue weighted by Gasteiger charge is 2.06. The number of hydrogen-bond acceptors (Lipinski definition) is 4. The van der Waals surface area contributed by atoms with Crippen LogP contribution in [0.5, 0.6) is 0 Å². The number of nitrogens with two attached hydrogens (primary N) is 1. The first-order valence-corrected chi connectivity index (χ1v) is 6.10. The van der Waals surface area contributed by atoms with E-state index in [0.717, 1.165) is 28.9 Å². The van der Waals surface area contributed by atoms with Crippen molar-refractivity contribution in [1.82, 2.24) is 0 Å². The van der Waals surface area contributed by atoms with Crippen LogP contribution in [0, 0.1) is 0 Å². The smallest absolute Gasteiger partial charge is 0.124 e. The summed E-state index contributed by atoms with van der Waals surface area (Å²) in [6.45, 7) is 0. The molecule has 98 valence electrons. The van der Waals surface area contributed by atoms with Gasteiger partial charge in [-0.2, -0.15) is 0 Å². The van der Waals surface area contributed by atoms with Crippen molar-refractivity contribution in [2.45, 2.75) is 6.42 Å². The largest absolute Gasteiger partial charge is 0.399 e. The maximum absolute atomic E-state index is 10.7. The van der Waals surface area contributed by atoms with Gasteiger partial charge >= 0.3 is 0 Å². The van der Waals surface area contributed by atoms with Crippen LogP contribution in [0.2, 0.25) is 0 Å². The summed E-state index contributed by atoms with van der Waals surface area (Å²) in [4.78, 5) is 10.7. The number of benzene rings is 2. The Morgan fingerprint density at radius 2 is 2.00 bits per heavy atom. The van der Waals surface area contributed by atoms with Gasteiger partial charge in [-0.25, -0.2) is 0 Å². The van der Waals surface area contributed by atoms with Crippen molar-refractivity contribution in [3.63, 3.8) is 0 Å². The number of hydrogen-bond donors (Lipinski definition) is 3. The molecule has 2 aromatic carbocycles. The van der Waals surface area contributed by atoms with Crippen LogP contribution in [-0.4, -0.2) is 13.3 Å². The van der Waals surface area contributed by atoms with Crippen LogP contribution in [0.4, 0.5) is 22.7 Å². The normalized spacial score (nSPS) is 9.95. The van der Waals surface area contributed by atoms with Crippen LogP contribution < -0.4 is 16.4 Å². The summed E-state index contributed by atoms with van der Waals surface area (Å²) in [5, 5.41) is 6.44. The lowest BCUT2D eigenvalue weighted by Crippen LogP contribution is -2.02. The molecule has 0 saturated carbocycles. The summed E-state index contributed by atoms with van der Waals surface area (Å²) in [5.74, 6) is 0. The molecule has 19 heavy (non-hydrogen) atoms. The molecule has 0 aliphatic rings. The zero-order valence-electron chi connectivity index (χ0n) is 10.8. The van der Waals surface area contributed by atoms with Gasteiger partial charge in [0, 0.05) is 24.8 Å². The fraction of sp³-hybridized carbons (Fsp3) is 0.133. The Kier molecular flexibility index (Phi) is 4.03. The van der Waals surface area contributed by atoms with Gasteiger partial charge in [0.05, 0.1) is 11.4 Å². The van der Waals surface area contributed by atoms with E-state index >= 15 is 0 Å². The topological polar surface area (TPSA) is 67.2 Å². The summed E-state index contributed by atoms with van der Waals surface area (Å²) in [6.07, 6.45) is 1.29. The number of aldehydes is 1. The van der Waals surface area contributed by atoms with Gasteiger partial charge in [0.2, 0.25) is 0 Å². The molecule has 0 heterocycles. The highest BCUT2D eigenvalue weighted by atomic mass is 16.1. The van der Waals surface area contributed by atoms with Crippen LogP contribution in [0.15, 0.2) is 42.5 Å². The highest BCUT2D eigenvalue weighted by Crippen LogP contribution is 2.29. The molecule has 4 nitrogen and oxygen atoms in total. The van der Waals surface area contributed by atoms with E-state index in [1.807, 2.05) is 49.5 Å². The molecule has 0 amide bonds. The van der Waals surface area contributed by atoms with Gasteiger partial charge in [0.1, 0.15) is 6.29 Å². The SMILES string of the molecule is CNc1c(CC=O)cccc1Nc1cccc(N)c1. The van der Waals surface area contributed by atoms with Gasteiger partial charge in [0.25, 0.3) is 0 Å². The molecule has 0 saturated heterocycles. The summed E-state index contributed by atoms with van der Waals surface area (Å²) in [6, 6.07) is 13.4. The monoisotopic (exact) mass is 255 g/mol. The second kappa shape index (κ2) is 5.91. The van der Waals surface area contributed by atoms with E-state index in [2.05, 4.69) is 10.6 Å². The van der Waals surface area contributed by atoms with E-state index in [4.69, 9.17) is 5.73 Å². The van der Waals surface area contributed by atoms with Crippen LogP contribution in [0.1, 0.15) is 5.56 Å². The average molecular weight is 255 g/mol. The number of nitrogens with one attached hydrogen (secondary N) is 2. The second-order valence-corrected chi connectivity index (χ2v) is 4.21. The Labute approximate surface area is 112 Å². The predicted octanol–water partition coefficient (Wildman–Crippen LogP) is 2.80. The van der Waals surface area contributed by atoms with Crippen molar-refractivity contribution < 1.29 is 4.79 Å². The Hall–Kier alpha value is -2.49. The number of carbonyl (C=O) groups is 1. The molecule has 0 aromatic heterocycles. The Bertz CT molecular complexity index is 581. The molecule has 0 atom stereocenters. The molecule has 0 aliphatic heterocycles. The molecule has 4 N–H and O–H groups in total. The lowest BCUT2D eigenvalue weighted by atomic mass is 10.1. The van der Waals surface area contributed by atoms with Gasteiger partial charge in [-0.1, -0.05) is 18.2 Å². The lowest BCUT2D eigenvalue weighted by Gasteiger charge is -2.15. The van der Waals surface area contributed by atoms with Crippen molar-refractivity contribution in [3.05, 3.63) is 48.0 Å². The van der Waals surface area contributed by atoms with Crippen molar-refractivity contribution in [3.8, 4) is 0 Å². The Morgan fingerprint density at radius 1 is 1.21 bits per heavy atom. The van der Waals surface area contributed by atoms with Crippen LogP contribution in [0.25, 0.3) is 0 Å². The standard InChI is InChI=1S/C15H17N3O/c1-17-15-11(8-9-19)4-2-7-14(15)18-13-6-3-5-12(16)10-13/h2-7,9-10,17-18H,8,16H2,1H3. The van der Waals surface area contributed by atoms with Crippen molar-refractivity contribution in [2.75, 3.05) is 23.4 Å². The molecule has 0 radical (unpaired) electrons. The van der Waals surface area contributed by atoms with Gasteiger partial charge in [0.15, 0.2) is 0 Å². The third kappa shape index (κ3) is 3.04. The summed E-state index contributed by atoms with van der Waals surface area (Å²) in [7, 11) is 1.84. The molecule has 2 aromatic rings. The first kappa shape index (κ1) is 13.0. The summed E-state index contributed by atoms with van der Waals surface area (Å²) in [5.41, 5.74) is 10.2. The fourth-order valence-corrected chi connectivity index (χ4v) is 2.03. The maximum Gasteiger partial charge on any atom is 0.124 e. The zero-order chi connectivity index (χ0) is 13.7. The van der Waals surface area contributed by atoms with Crippen molar-refractivity contribution in [1.29, 1.82) is 0 Å². The van der Waals surface area contributed by atoms with Crippen molar-refractivity contribution in [2.24, 2.45) is 0 Å². The number of rotatable bonds is 5. The minimum Gasteiger partial charge on any atom is -0.399 e. The van der Waals surface area contributed by atoms with E-state index in [9.17, 15) is 4.79 Å². The van der Waals surface area contributed by atoms with Crippen LogP contribution in [0.3, 0.4) is 0 Å².